The van der Waals surface area contributed by atoms with Crippen LogP contribution in [-0.4, -0.2) is 47.8 Å². The molecule has 8 heteroatoms. The number of piperidine rings is 1. The van der Waals surface area contributed by atoms with Crippen LogP contribution in [0, 0.1) is 31.4 Å². The molecule has 174 valence electrons. The normalized spacial score (nSPS) is 19.4. The number of aromatic nitrogens is 2. The summed E-state index contributed by atoms with van der Waals surface area (Å²) in [5.74, 6) is -0.600. The highest BCUT2D eigenvalue weighted by Crippen LogP contribution is 2.32. The summed E-state index contributed by atoms with van der Waals surface area (Å²) in [7, 11) is 0. The Morgan fingerprint density at radius 1 is 1.03 bits per heavy atom. The number of rotatable bonds is 4. The molecule has 0 unspecified atom stereocenters. The fraction of sp³-hybridized carbons (Fsp3) is 0.440. The predicted octanol–water partition coefficient (Wildman–Crippen LogP) is 4.04. The Labute approximate surface area is 191 Å². The van der Waals surface area contributed by atoms with Gasteiger partial charge in [-0.1, -0.05) is 0 Å². The lowest BCUT2D eigenvalue weighted by molar-refractivity contribution is -0.126. The van der Waals surface area contributed by atoms with Crippen LogP contribution in [0.2, 0.25) is 0 Å². The van der Waals surface area contributed by atoms with E-state index in [0.717, 1.165) is 34.6 Å². The molecule has 2 aromatic carbocycles. The molecule has 33 heavy (non-hydrogen) atoms. The summed E-state index contributed by atoms with van der Waals surface area (Å²) < 4.78 is 35.4. The molecule has 1 amide bonds. The van der Waals surface area contributed by atoms with Crippen molar-refractivity contribution in [3.8, 4) is 5.69 Å². The predicted molar refractivity (Wildman–Crippen MR) is 123 cm³/mol. The zero-order chi connectivity index (χ0) is 23.1. The average Bonchev–Trinajstić information content (AvgIpc) is 3.41. The SMILES string of the molecule is Cc1cc2nc(N3CCC(C(=O)N[C@@H]4CCOC4)CC3)n(-c3cc(F)cc(F)c3)c2cc1C. The first-order valence-corrected chi connectivity index (χ1v) is 11.5. The van der Waals surface area contributed by atoms with Crippen molar-refractivity contribution in [2.24, 2.45) is 5.92 Å². The Kier molecular flexibility index (Phi) is 5.78. The first-order chi connectivity index (χ1) is 15.9. The van der Waals surface area contributed by atoms with Gasteiger partial charge in [-0.15, -0.1) is 0 Å². The van der Waals surface area contributed by atoms with Crippen molar-refractivity contribution < 1.29 is 18.3 Å². The van der Waals surface area contributed by atoms with Crippen molar-refractivity contribution in [2.75, 3.05) is 31.2 Å². The molecule has 5 rings (SSSR count). The summed E-state index contributed by atoms with van der Waals surface area (Å²) in [6.45, 7) is 6.58. The van der Waals surface area contributed by atoms with Gasteiger partial charge in [-0.3, -0.25) is 9.36 Å². The van der Waals surface area contributed by atoms with E-state index in [4.69, 9.17) is 9.72 Å². The van der Waals surface area contributed by atoms with Gasteiger partial charge in [0.1, 0.15) is 11.6 Å². The van der Waals surface area contributed by atoms with Crippen molar-refractivity contribution in [1.29, 1.82) is 0 Å². The Bertz CT molecular complexity index is 1170. The zero-order valence-corrected chi connectivity index (χ0v) is 18.9. The fourth-order valence-electron chi connectivity index (χ4n) is 4.76. The molecule has 2 aliphatic heterocycles. The number of hydrogen-bond donors (Lipinski definition) is 1. The molecular weight excluding hydrogens is 426 g/mol. The first-order valence-electron chi connectivity index (χ1n) is 11.5. The third-order valence-electron chi connectivity index (χ3n) is 6.78. The zero-order valence-electron chi connectivity index (χ0n) is 18.9. The Morgan fingerprint density at radius 3 is 2.39 bits per heavy atom. The van der Waals surface area contributed by atoms with Crippen molar-refractivity contribution in [2.45, 2.75) is 39.2 Å². The summed E-state index contributed by atoms with van der Waals surface area (Å²) in [5, 5.41) is 3.10. The van der Waals surface area contributed by atoms with Crippen LogP contribution in [0.1, 0.15) is 30.4 Å². The van der Waals surface area contributed by atoms with E-state index in [1.807, 2.05) is 30.5 Å². The lowest BCUT2D eigenvalue weighted by atomic mass is 9.95. The third-order valence-corrected chi connectivity index (χ3v) is 6.78. The molecule has 2 fully saturated rings. The summed E-state index contributed by atoms with van der Waals surface area (Å²) in [6, 6.07) is 7.64. The van der Waals surface area contributed by atoms with Gasteiger partial charge in [0.05, 0.1) is 29.4 Å². The lowest BCUT2D eigenvalue weighted by Gasteiger charge is -2.32. The number of carbonyl (C=O) groups excluding carboxylic acids is 1. The molecule has 6 nitrogen and oxygen atoms in total. The number of amides is 1. The highest BCUT2D eigenvalue weighted by molar-refractivity contribution is 5.83. The summed E-state index contributed by atoms with van der Waals surface area (Å²) >= 11 is 0. The number of aryl methyl sites for hydroxylation is 2. The van der Waals surface area contributed by atoms with E-state index >= 15 is 0 Å². The molecule has 0 saturated carbocycles. The largest absolute Gasteiger partial charge is 0.379 e. The van der Waals surface area contributed by atoms with Gasteiger partial charge in [0, 0.05) is 31.7 Å². The van der Waals surface area contributed by atoms with Gasteiger partial charge in [-0.05, 0) is 68.5 Å². The van der Waals surface area contributed by atoms with Crippen LogP contribution >= 0.6 is 0 Å². The van der Waals surface area contributed by atoms with E-state index in [-0.39, 0.29) is 17.9 Å². The molecule has 1 N–H and O–H groups in total. The third kappa shape index (κ3) is 4.31. The number of hydrogen-bond acceptors (Lipinski definition) is 4. The topological polar surface area (TPSA) is 59.4 Å². The number of nitrogens with one attached hydrogen (secondary N) is 1. The molecule has 0 radical (unpaired) electrons. The van der Waals surface area contributed by atoms with Crippen LogP contribution in [0.15, 0.2) is 30.3 Å². The minimum atomic E-state index is -0.632. The van der Waals surface area contributed by atoms with Gasteiger partial charge in [-0.25, -0.2) is 13.8 Å². The number of carbonyl (C=O) groups is 1. The van der Waals surface area contributed by atoms with Gasteiger partial charge in [0.2, 0.25) is 11.9 Å². The Morgan fingerprint density at radius 2 is 1.73 bits per heavy atom. The molecule has 0 spiro atoms. The van der Waals surface area contributed by atoms with Gasteiger partial charge >= 0.3 is 0 Å². The maximum Gasteiger partial charge on any atom is 0.223 e. The molecule has 2 saturated heterocycles. The minimum absolute atomic E-state index is 0.0595. The van der Waals surface area contributed by atoms with E-state index in [0.29, 0.717) is 50.8 Å². The fourth-order valence-corrected chi connectivity index (χ4v) is 4.76. The van der Waals surface area contributed by atoms with E-state index < -0.39 is 11.6 Å². The van der Waals surface area contributed by atoms with Crippen LogP contribution in [0.4, 0.5) is 14.7 Å². The molecule has 3 heterocycles. The van der Waals surface area contributed by atoms with E-state index in [9.17, 15) is 13.6 Å². The van der Waals surface area contributed by atoms with E-state index in [1.165, 1.54) is 12.1 Å². The quantitative estimate of drug-likeness (QED) is 0.647. The van der Waals surface area contributed by atoms with Gasteiger partial charge in [-0.2, -0.15) is 0 Å². The summed E-state index contributed by atoms with van der Waals surface area (Å²) in [5.41, 5.74) is 4.17. The van der Waals surface area contributed by atoms with Crippen molar-refractivity contribution in [1.82, 2.24) is 14.9 Å². The minimum Gasteiger partial charge on any atom is -0.379 e. The van der Waals surface area contributed by atoms with Crippen LogP contribution < -0.4 is 10.2 Å². The molecule has 1 aromatic heterocycles. The van der Waals surface area contributed by atoms with Crippen molar-refractivity contribution in [3.63, 3.8) is 0 Å². The number of imidazole rings is 1. The maximum absolute atomic E-state index is 14.1. The van der Waals surface area contributed by atoms with Crippen molar-refractivity contribution >= 4 is 22.9 Å². The Balaban J connectivity index is 1.45. The van der Waals surface area contributed by atoms with Gasteiger partial charge in [0.25, 0.3) is 0 Å². The average molecular weight is 455 g/mol. The highest BCUT2D eigenvalue weighted by Gasteiger charge is 2.30. The number of nitrogens with zero attached hydrogens (tertiary/aromatic N) is 3. The molecule has 0 aliphatic carbocycles. The van der Waals surface area contributed by atoms with Crippen LogP contribution in [0.5, 0.6) is 0 Å². The summed E-state index contributed by atoms with van der Waals surface area (Å²) in [4.78, 5) is 19.6. The molecule has 0 bridgehead atoms. The maximum atomic E-state index is 14.1. The smallest absolute Gasteiger partial charge is 0.223 e. The van der Waals surface area contributed by atoms with Crippen LogP contribution in [0.25, 0.3) is 16.7 Å². The van der Waals surface area contributed by atoms with Crippen LogP contribution in [-0.2, 0) is 9.53 Å². The molecular formula is C25H28F2N4O2. The van der Waals surface area contributed by atoms with E-state index in [2.05, 4.69) is 10.2 Å². The molecule has 1 atom stereocenters. The molecule has 3 aromatic rings. The second-order valence-corrected chi connectivity index (χ2v) is 9.13. The molecule has 2 aliphatic rings. The first kappa shape index (κ1) is 21.8. The monoisotopic (exact) mass is 454 g/mol. The number of ether oxygens (including phenoxy) is 1. The van der Waals surface area contributed by atoms with Gasteiger partial charge < -0.3 is 15.0 Å². The number of halogens is 2. The highest BCUT2D eigenvalue weighted by atomic mass is 19.1. The Hall–Kier alpha value is -3.00. The van der Waals surface area contributed by atoms with E-state index in [1.54, 1.807) is 0 Å². The number of fused-ring (bicyclic) bond motifs is 1. The number of benzene rings is 2. The van der Waals surface area contributed by atoms with Crippen molar-refractivity contribution in [3.05, 3.63) is 53.1 Å². The number of anilines is 1. The second-order valence-electron chi connectivity index (χ2n) is 9.13. The standard InChI is InChI=1S/C25H28F2N4O2/c1-15-9-22-23(10-16(15)2)31(21-12-18(26)11-19(27)13-21)25(29-22)30-6-3-17(4-7-30)24(32)28-20-5-8-33-14-20/h9-13,17,20H,3-8,14H2,1-2H3,(H,28,32)/t20-/m1/s1. The van der Waals surface area contributed by atoms with Gasteiger partial charge in [0.15, 0.2) is 0 Å². The lowest BCUT2D eigenvalue weighted by Crippen LogP contribution is -2.44. The second kappa shape index (κ2) is 8.74. The van der Waals surface area contributed by atoms with Crippen LogP contribution in [0.3, 0.4) is 0 Å². The summed E-state index contributed by atoms with van der Waals surface area (Å²) in [6.07, 6.45) is 2.24.